The van der Waals surface area contributed by atoms with Gasteiger partial charge in [0.2, 0.25) is 5.91 Å². The second kappa shape index (κ2) is 9.13. The first-order chi connectivity index (χ1) is 15.7. The predicted octanol–water partition coefficient (Wildman–Crippen LogP) is 3.09. The maximum Gasteiger partial charge on any atom is 0.254 e. The molecule has 2 aromatic heterocycles. The lowest BCUT2D eigenvalue weighted by atomic mass is 10.0. The van der Waals surface area contributed by atoms with Crippen LogP contribution in [0.4, 0.5) is 5.82 Å². The molecule has 33 heavy (non-hydrogen) atoms. The zero-order valence-corrected chi connectivity index (χ0v) is 19.8. The minimum atomic E-state index is -0.115. The summed E-state index contributed by atoms with van der Waals surface area (Å²) in [5.41, 5.74) is 2.22. The van der Waals surface area contributed by atoms with E-state index in [0.29, 0.717) is 24.4 Å². The molecule has 1 fully saturated rings. The molecule has 4 rings (SSSR count). The van der Waals surface area contributed by atoms with Gasteiger partial charge in [-0.3, -0.25) is 14.6 Å². The smallest absolute Gasteiger partial charge is 0.254 e. The number of hydrogen-bond acceptors (Lipinski definition) is 6. The predicted molar refractivity (Wildman–Crippen MR) is 128 cm³/mol. The number of carbonyl (C=O) groups excluding carboxylic acids is 2. The zero-order chi connectivity index (χ0) is 23.7. The van der Waals surface area contributed by atoms with Crippen LogP contribution in [0.5, 0.6) is 0 Å². The van der Waals surface area contributed by atoms with Gasteiger partial charge in [0.05, 0.1) is 17.8 Å². The summed E-state index contributed by atoms with van der Waals surface area (Å²) >= 11 is 0. The SMILES string of the molecule is CC(C)N1C[C@H](c2cc(N(C)C)nc(CN(C)C(=O)c3cccc4ncccc34)n2)CC1=O. The Labute approximate surface area is 194 Å². The lowest BCUT2D eigenvalue weighted by Crippen LogP contribution is -2.32. The van der Waals surface area contributed by atoms with Gasteiger partial charge in [-0.25, -0.2) is 9.97 Å². The van der Waals surface area contributed by atoms with Gasteiger partial charge in [-0.1, -0.05) is 12.1 Å². The fourth-order valence-corrected chi connectivity index (χ4v) is 4.22. The van der Waals surface area contributed by atoms with E-state index in [9.17, 15) is 9.59 Å². The van der Waals surface area contributed by atoms with E-state index in [0.717, 1.165) is 22.4 Å². The number of pyridine rings is 1. The van der Waals surface area contributed by atoms with Crippen LogP contribution < -0.4 is 4.90 Å². The molecule has 0 saturated carbocycles. The van der Waals surface area contributed by atoms with Crippen LogP contribution in [0.2, 0.25) is 0 Å². The molecule has 1 aliphatic rings. The number of carbonyl (C=O) groups is 2. The van der Waals surface area contributed by atoms with Crippen LogP contribution >= 0.6 is 0 Å². The first kappa shape index (κ1) is 22.6. The van der Waals surface area contributed by atoms with Crippen molar-refractivity contribution in [2.45, 2.75) is 38.8 Å². The van der Waals surface area contributed by atoms with Crippen molar-refractivity contribution in [3.8, 4) is 0 Å². The fraction of sp³-hybridized carbons (Fsp3) is 0.400. The molecule has 0 bridgehead atoms. The van der Waals surface area contributed by atoms with Crippen molar-refractivity contribution in [3.63, 3.8) is 0 Å². The molecule has 1 aromatic carbocycles. The van der Waals surface area contributed by atoms with Gasteiger partial charge < -0.3 is 14.7 Å². The Hall–Kier alpha value is -3.55. The van der Waals surface area contributed by atoms with Gasteiger partial charge in [-0.15, -0.1) is 0 Å². The summed E-state index contributed by atoms with van der Waals surface area (Å²) in [6, 6.07) is 11.4. The van der Waals surface area contributed by atoms with Gasteiger partial charge >= 0.3 is 0 Å². The molecule has 0 radical (unpaired) electrons. The molecule has 1 atom stereocenters. The number of aromatic nitrogens is 3. The van der Waals surface area contributed by atoms with Crippen LogP contribution in [-0.4, -0.2) is 70.3 Å². The number of benzene rings is 1. The van der Waals surface area contributed by atoms with Crippen LogP contribution in [0, 0.1) is 0 Å². The molecule has 1 saturated heterocycles. The lowest BCUT2D eigenvalue weighted by molar-refractivity contribution is -0.129. The van der Waals surface area contributed by atoms with E-state index in [1.807, 2.05) is 74.1 Å². The Kier molecular flexibility index (Phi) is 6.26. The second-order valence-electron chi connectivity index (χ2n) is 9.04. The highest BCUT2D eigenvalue weighted by atomic mass is 16.2. The van der Waals surface area contributed by atoms with Crippen molar-refractivity contribution in [1.82, 2.24) is 24.8 Å². The van der Waals surface area contributed by atoms with Crippen molar-refractivity contribution in [2.24, 2.45) is 0 Å². The molecule has 3 aromatic rings. The first-order valence-electron chi connectivity index (χ1n) is 11.2. The fourth-order valence-electron chi connectivity index (χ4n) is 4.22. The number of nitrogens with zero attached hydrogens (tertiary/aromatic N) is 6. The summed E-state index contributed by atoms with van der Waals surface area (Å²) < 4.78 is 0. The van der Waals surface area contributed by atoms with Crippen LogP contribution in [0.3, 0.4) is 0 Å². The van der Waals surface area contributed by atoms with Crippen molar-refractivity contribution < 1.29 is 9.59 Å². The van der Waals surface area contributed by atoms with Crippen molar-refractivity contribution >= 4 is 28.5 Å². The Bertz CT molecular complexity index is 1190. The molecule has 0 N–H and O–H groups in total. The van der Waals surface area contributed by atoms with Gasteiger partial charge in [0.1, 0.15) is 11.6 Å². The van der Waals surface area contributed by atoms with Crippen LogP contribution in [0.15, 0.2) is 42.6 Å². The summed E-state index contributed by atoms with van der Waals surface area (Å²) in [5.74, 6) is 1.38. The molecule has 172 valence electrons. The Morgan fingerprint density at radius 2 is 1.94 bits per heavy atom. The monoisotopic (exact) mass is 446 g/mol. The van der Waals surface area contributed by atoms with Gasteiger partial charge in [0.25, 0.3) is 5.91 Å². The summed E-state index contributed by atoms with van der Waals surface area (Å²) in [4.78, 5) is 44.9. The summed E-state index contributed by atoms with van der Waals surface area (Å²) in [5, 5.41) is 0.818. The Morgan fingerprint density at radius 1 is 1.15 bits per heavy atom. The first-order valence-corrected chi connectivity index (χ1v) is 11.2. The molecular weight excluding hydrogens is 416 g/mol. The maximum atomic E-state index is 13.3. The average Bonchev–Trinajstić information content (AvgIpc) is 3.20. The van der Waals surface area contributed by atoms with Crippen LogP contribution in [0.25, 0.3) is 10.9 Å². The largest absolute Gasteiger partial charge is 0.363 e. The van der Waals surface area contributed by atoms with Crippen molar-refractivity contribution in [1.29, 1.82) is 0 Å². The molecule has 0 unspecified atom stereocenters. The number of fused-ring (bicyclic) bond motifs is 1. The molecule has 1 aliphatic heterocycles. The standard InChI is InChI=1S/C25H30N6O2/c1-16(2)31-14-17(12-24(31)32)21-13-23(29(3)4)28-22(27-21)15-30(5)25(33)19-8-6-10-20-18(19)9-7-11-26-20/h6-11,13,16-17H,12,14-15H2,1-5H3/t17-/m1/s1. The highest BCUT2D eigenvalue weighted by Crippen LogP contribution is 2.30. The normalized spacial score (nSPS) is 16.0. The number of anilines is 1. The van der Waals surface area contributed by atoms with Gasteiger partial charge in [0, 0.05) is 69.3 Å². The van der Waals surface area contributed by atoms with Crippen LogP contribution in [-0.2, 0) is 11.3 Å². The third-order valence-corrected chi connectivity index (χ3v) is 6.04. The zero-order valence-electron chi connectivity index (χ0n) is 19.8. The molecule has 0 spiro atoms. The molecular formula is C25H30N6O2. The van der Waals surface area contributed by atoms with Crippen LogP contribution in [0.1, 0.15) is 48.1 Å². The molecule has 0 aliphatic carbocycles. The van der Waals surface area contributed by atoms with E-state index in [4.69, 9.17) is 4.98 Å². The Balaban J connectivity index is 1.61. The van der Waals surface area contributed by atoms with Gasteiger partial charge in [-0.2, -0.15) is 0 Å². The number of likely N-dealkylation sites (tertiary alicyclic amines) is 1. The number of hydrogen-bond donors (Lipinski definition) is 0. The quantitative estimate of drug-likeness (QED) is 0.579. The van der Waals surface area contributed by atoms with E-state index in [1.54, 1.807) is 18.1 Å². The van der Waals surface area contributed by atoms with E-state index in [-0.39, 0.29) is 30.3 Å². The summed E-state index contributed by atoms with van der Waals surface area (Å²) in [7, 11) is 5.60. The van der Waals surface area contributed by atoms with Crippen molar-refractivity contribution in [3.05, 3.63) is 59.7 Å². The Morgan fingerprint density at radius 3 is 2.64 bits per heavy atom. The topological polar surface area (TPSA) is 82.5 Å². The van der Waals surface area contributed by atoms with Gasteiger partial charge in [-0.05, 0) is 32.0 Å². The highest BCUT2D eigenvalue weighted by molar-refractivity contribution is 6.05. The van der Waals surface area contributed by atoms with E-state index in [1.165, 1.54) is 0 Å². The maximum absolute atomic E-state index is 13.3. The second-order valence-corrected chi connectivity index (χ2v) is 9.04. The van der Waals surface area contributed by atoms with Gasteiger partial charge in [0.15, 0.2) is 0 Å². The third-order valence-electron chi connectivity index (χ3n) is 6.04. The van der Waals surface area contributed by atoms with E-state index >= 15 is 0 Å². The minimum Gasteiger partial charge on any atom is -0.363 e. The van der Waals surface area contributed by atoms with E-state index in [2.05, 4.69) is 9.97 Å². The minimum absolute atomic E-state index is 0.0190. The summed E-state index contributed by atoms with van der Waals surface area (Å²) in [6.07, 6.45) is 2.16. The average molecular weight is 447 g/mol. The summed E-state index contributed by atoms with van der Waals surface area (Å²) in [6.45, 7) is 4.97. The molecule has 3 heterocycles. The molecule has 8 nitrogen and oxygen atoms in total. The third kappa shape index (κ3) is 4.65. The van der Waals surface area contributed by atoms with E-state index < -0.39 is 0 Å². The highest BCUT2D eigenvalue weighted by Gasteiger charge is 2.33. The lowest BCUT2D eigenvalue weighted by Gasteiger charge is -2.22. The number of rotatable bonds is 6. The molecule has 2 amide bonds. The number of amides is 2. The van der Waals surface area contributed by atoms with Crippen molar-refractivity contribution in [2.75, 3.05) is 32.6 Å². The molecule has 8 heteroatoms.